The first kappa shape index (κ1) is 14.9. The van der Waals surface area contributed by atoms with Gasteiger partial charge in [-0.1, -0.05) is 50.6 Å². The summed E-state index contributed by atoms with van der Waals surface area (Å²) in [4.78, 5) is 9.81. The molecule has 0 unspecified atom stereocenters. The van der Waals surface area contributed by atoms with E-state index in [1.807, 2.05) is 6.92 Å². The van der Waals surface area contributed by atoms with Gasteiger partial charge in [-0.05, 0) is 31.7 Å². The van der Waals surface area contributed by atoms with E-state index in [0.29, 0.717) is 6.42 Å². The number of benzene rings is 1. The second kappa shape index (κ2) is 8.09. The fourth-order valence-electron chi connectivity index (χ4n) is 1.20. The Morgan fingerprint density at radius 1 is 1.19 bits per heavy atom. The fourth-order valence-corrected chi connectivity index (χ4v) is 1.20. The highest BCUT2D eigenvalue weighted by molar-refractivity contribution is 5.74. The van der Waals surface area contributed by atoms with Crippen molar-refractivity contribution in [3.8, 4) is 0 Å². The Bertz CT molecular complexity index is 296. The number of ketones is 1. The summed E-state index contributed by atoms with van der Waals surface area (Å²) in [5.41, 5.74) is 2.79. The van der Waals surface area contributed by atoms with Gasteiger partial charge in [-0.25, -0.2) is 0 Å². The summed E-state index contributed by atoms with van der Waals surface area (Å²) in [6.45, 7) is 10.1. The summed E-state index contributed by atoms with van der Waals surface area (Å²) < 4.78 is 0. The molecule has 1 aromatic rings. The lowest BCUT2D eigenvalue weighted by Gasteiger charge is -2.04. The molecule has 0 aliphatic heterocycles. The largest absolute Gasteiger partial charge is 0.300 e. The Morgan fingerprint density at radius 3 is 1.94 bits per heavy atom. The van der Waals surface area contributed by atoms with E-state index < -0.39 is 0 Å². The monoisotopic (exact) mass is 220 g/mol. The predicted octanol–water partition coefficient (Wildman–Crippen LogP) is 4.18. The first-order chi connectivity index (χ1) is 7.45. The van der Waals surface area contributed by atoms with Crippen LogP contribution in [-0.4, -0.2) is 5.78 Å². The molecule has 0 aromatic heterocycles. The maximum absolute atomic E-state index is 9.81. The summed E-state index contributed by atoms with van der Waals surface area (Å²) in [6, 6.07) is 8.79. The Kier molecular flexibility index (Phi) is 7.53. The highest BCUT2D eigenvalue weighted by atomic mass is 16.1. The third-order valence-electron chi connectivity index (χ3n) is 2.26. The molecule has 0 radical (unpaired) electrons. The van der Waals surface area contributed by atoms with Crippen molar-refractivity contribution in [1.29, 1.82) is 0 Å². The molecule has 0 aliphatic carbocycles. The van der Waals surface area contributed by atoms with E-state index in [4.69, 9.17) is 0 Å². The van der Waals surface area contributed by atoms with Gasteiger partial charge in [0.2, 0.25) is 0 Å². The second-order valence-corrected chi connectivity index (χ2v) is 4.64. The molecular weight excluding hydrogens is 196 g/mol. The Labute approximate surface area is 99.9 Å². The Morgan fingerprint density at radius 2 is 1.62 bits per heavy atom. The van der Waals surface area contributed by atoms with Gasteiger partial charge in [0.15, 0.2) is 0 Å². The van der Waals surface area contributed by atoms with Crippen LogP contribution in [0, 0.1) is 12.8 Å². The van der Waals surface area contributed by atoms with Gasteiger partial charge in [-0.2, -0.15) is 0 Å². The third-order valence-corrected chi connectivity index (χ3v) is 2.26. The van der Waals surface area contributed by atoms with Gasteiger partial charge in [0.05, 0.1) is 0 Å². The van der Waals surface area contributed by atoms with Gasteiger partial charge in [0.25, 0.3) is 0 Å². The molecule has 16 heavy (non-hydrogen) atoms. The average molecular weight is 220 g/mol. The minimum atomic E-state index is 0.255. The van der Waals surface area contributed by atoms with E-state index in [9.17, 15) is 4.79 Å². The van der Waals surface area contributed by atoms with Gasteiger partial charge in [-0.15, -0.1) is 0 Å². The minimum Gasteiger partial charge on any atom is -0.300 e. The van der Waals surface area contributed by atoms with Crippen molar-refractivity contribution in [2.45, 2.75) is 47.5 Å². The average Bonchev–Trinajstić information content (AvgIpc) is 2.22. The summed E-state index contributed by atoms with van der Waals surface area (Å²) in [5, 5.41) is 0. The molecule has 0 bridgehead atoms. The van der Waals surface area contributed by atoms with Crippen LogP contribution < -0.4 is 0 Å². The van der Waals surface area contributed by atoms with E-state index in [1.54, 1.807) is 6.92 Å². The second-order valence-electron chi connectivity index (χ2n) is 4.64. The number of carbonyl (C=O) groups is 1. The number of Topliss-reactive ketones (excluding diaryl/α,β-unsaturated/α-hetero) is 1. The summed E-state index contributed by atoms with van der Waals surface area (Å²) in [6.07, 6.45) is 1.86. The van der Waals surface area contributed by atoms with Crippen molar-refractivity contribution in [2.75, 3.05) is 0 Å². The number of carbonyl (C=O) groups excluding carboxylic acids is 1. The molecule has 0 fully saturated rings. The topological polar surface area (TPSA) is 17.1 Å². The summed E-state index contributed by atoms with van der Waals surface area (Å²) in [5.74, 6) is 1.02. The number of rotatable bonds is 3. The van der Waals surface area contributed by atoms with Crippen molar-refractivity contribution in [2.24, 2.45) is 5.92 Å². The molecule has 90 valence electrons. The lowest BCUT2D eigenvalue weighted by Crippen LogP contribution is -1.93. The van der Waals surface area contributed by atoms with E-state index in [0.717, 1.165) is 5.92 Å². The van der Waals surface area contributed by atoms with Crippen molar-refractivity contribution in [3.05, 3.63) is 35.4 Å². The number of hydrogen-bond donors (Lipinski definition) is 0. The van der Waals surface area contributed by atoms with E-state index in [2.05, 4.69) is 45.0 Å². The van der Waals surface area contributed by atoms with Gasteiger partial charge in [0.1, 0.15) is 5.78 Å². The van der Waals surface area contributed by atoms with Crippen molar-refractivity contribution in [3.63, 3.8) is 0 Å². The highest BCUT2D eigenvalue weighted by Crippen LogP contribution is 2.08. The highest BCUT2D eigenvalue weighted by Gasteiger charge is 1.95. The Balaban J connectivity index is 0.000000385. The maximum atomic E-state index is 9.81. The normalized spacial score (nSPS) is 9.62. The van der Waals surface area contributed by atoms with Crippen molar-refractivity contribution < 1.29 is 4.79 Å². The zero-order valence-corrected chi connectivity index (χ0v) is 11.2. The molecule has 0 spiro atoms. The zero-order chi connectivity index (χ0) is 12.6. The van der Waals surface area contributed by atoms with Gasteiger partial charge in [0, 0.05) is 6.42 Å². The van der Waals surface area contributed by atoms with Gasteiger partial charge >= 0.3 is 0 Å². The molecule has 0 saturated heterocycles. The van der Waals surface area contributed by atoms with E-state index >= 15 is 0 Å². The SMILES string of the molecule is CCC(C)=O.Cc1ccc(CC(C)C)cc1. The van der Waals surface area contributed by atoms with Crippen LogP contribution in [0.2, 0.25) is 0 Å². The first-order valence-corrected chi connectivity index (χ1v) is 6.00. The molecule has 1 rings (SSSR count). The molecule has 0 heterocycles. The summed E-state index contributed by atoms with van der Waals surface area (Å²) in [7, 11) is 0. The van der Waals surface area contributed by atoms with Crippen LogP contribution in [0.4, 0.5) is 0 Å². The van der Waals surface area contributed by atoms with Gasteiger partial charge in [-0.3, -0.25) is 0 Å². The number of aryl methyl sites for hydroxylation is 1. The molecule has 0 atom stereocenters. The quantitative estimate of drug-likeness (QED) is 0.747. The molecule has 1 aromatic carbocycles. The van der Waals surface area contributed by atoms with Crippen LogP contribution in [0.3, 0.4) is 0 Å². The lowest BCUT2D eigenvalue weighted by atomic mass is 10.0. The van der Waals surface area contributed by atoms with Crippen LogP contribution in [-0.2, 0) is 11.2 Å². The zero-order valence-electron chi connectivity index (χ0n) is 11.2. The van der Waals surface area contributed by atoms with Crippen LogP contribution in [0.15, 0.2) is 24.3 Å². The molecule has 1 nitrogen and oxygen atoms in total. The molecule has 1 heteroatoms. The maximum Gasteiger partial charge on any atom is 0.129 e. The smallest absolute Gasteiger partial charge is 0.129 e. The fraction of sp³-hybridized carbons (Fsp3) is 0.533. The lowest BCUT2D eigenvalue weighted by molar-refractivity contribution is -0.116. The third kappa shape index (κ3) is 8.22. The van der Waals surface area contributed by atoms with Crippen molar-refractivity contribution in [1.82, 2.24) is 0 Å². The van der Waals surface area contributed by atoms with E-state index in [1.165, 1.54) is 17.5 Å². The molecule has 0 aliphatic rings. The molecule has 0 amide bonds. The number of hydrogen-bond acceptors (Lipinski definition) is 1. The van der Waals surface area contributed by atoms with Crippen LogP contribution in [0.25, 0.3) is 0 Å². The molecule has 0 N–H and O–H groups in total. The van der Waals surface area contributed by atoms with Gasteiger partial charge < -0.3 is 4.79 Å². The van der Waals surface area contributed by atoms with E-state index in [-0.39, 0.29) is 5.78 Å². The first-order valence-electron chi connectivity index (χ1n) is 6.00. The Hall–Kier alpha value is -1.11. The van der Waals surface area contributed by atoms with Crippen LogP contribution in [0.5, 0.6) is 0 Å². The summed E-state index contributed by atoms with van der Waals surface area (Å²) >= 11 is 0. The minimum absolute atomic E-state index is 0.255. The standard InChI is InChI=1S/C11H16.C4H8O/c1-9(2)8-11-6-4-10(3)5-7-11;1-3-4(2)5/h4-7,9H,8H2,1-3H3;3H2,1-2H3. The van der Waals surface area contributed by atoms with Crippen LogP contribution in [0.1, 0.15) is 45.2 Å². The molecular formula is C15H24O. The van der Waals surface area contributed by atoms with Crippen molar-refractivity contribution >= 4 is 5.78 Å². The van der Waals surface area contributed by atoms with Crippen LogP contribution >= 0.6 is 0 Å². The molecule has 0 saturated carbocycles. The predicted molar refractivity (Wildman–Crippen MR) is 70.7 cm³/mol.